The van der Waals surface area contributed by atoms with E-state index in [1.807, 2.05) is 67.8 Å². The summed E-state index contributed by atoms with van der Waals surface area (Å²) in [5.74, 6) is 0.771. The van der Waals surface area contributed by atoms with Gasteiger partial charge in [-0.1, -0.05) is 85.6 Å². The Kier molecular flexibility index (Phi) is 7.77. The molecule has 5 nitrogen and oxygen atoms in total. The number of hydrogen-bond donors (Lipinski definition) is 1. The minimum atomic E-state index is -0.950. The molecule has 0 aliphatic rings. The molecule has 3 aromatic rings. The zero-order valence-corrected chi connectivity index (χ0v) is 20.8. The van der Waals surface area contributed by atoms with E-state index in [0.29, 0.717) is 13.0 Å². The summed E-state index contributed by atoms with van der Waals surface area (Å²) in [6, 6.07) is 17.4. The molecule has 32 heavy (non-hydrogen) atoms. The summed E-state index contributed by atoms with van der Waals surface area (Å²) in [7, 11) is 2.00. The van der Waals surface area contributed by atoms with Gasteiger partial charge in [0.1, 0.15) is 5.82 Å². The zero-order chi connectivity index (χ0) is 23.3. The molecule has 0 saturated heterocycles. The van der Waals surface area contributed by atoms with Gasteiger partial charge in [0.15, 0.2) is 0 Å². The molecule has 170 valence electrons. The normalized spacial score (nSPS) is 12.5. The van der Waals surface area contributed by atoms with Crippen molar-refractivity contribution in [3.63, 3.8) is 0 Å². The number of halogens is 1. The Labute approximate surface area is 199 Å². The number of rotatable bonds is 9. The molecule has 0 bridgehead atoms. The van der Waals surface area contributed by atoms with Gasteiger partial charge in [0.2, 0.25) is 0 Å². The number of amides is 1. The summed E-state index contributed by atoms with van der Waals surface area (Å²) in [5.41, 5.74) is 3.30. The van der Waals surface area contributed by atoms with E-state index in [1.165, 1.54) is 4.90 Å². The van der Waals surface area contributed by atoms with Crippen molar-refractivity contribution in [3.8, 4) is 0 Å². The number of benzene rings is 2. The maximum Gasteiger partial charge on any atom is 0.408 e. The monoisotopic (exact) mass is 497 g/mol. The molecule has 0 aliphatic carbocycles. The third-order valence-electron chi connectivity index (χ3n) is 6.20. The summed E-state index contributed by atoms with van der Waals surface area (Å²) in [4.78, 5) is 18.7. The molecular formula is C26H32BrN3O2. The molecule has 1 atom stereocenters. The highest BCUT2D eigenvalue weighted by atomic mass is 79.9. The fourth-order valence-electron chi connectivity index (χ4n) is 3.83. The summed E-state index contributed by atoms with van der Waals surface area (Å²) < 4.78 is 3.08. The number of aromatic nitrogens is 2. The maximum absolute atomic E-state index is 12.4. The number of nitrogens with zero attached hydrogens (tertiary/aromatic N) is 3. The average molecular weight is 498 g/mol. The van der Waals surface area contributed by atoms with E-state index in [1.54, 1.807) is 0 Å². The van der Waals surface area contributed by atoms with Crippen LogP contribution in [-0.2, 0) is 26.4 Å². The number of imidazole rings is 1. The van der Waals surface area contributed by atoms with Crippen molar-refractivity contribution >= 4 is 22.0 Å². The van der Waals surface area contributed by atoms with E-state index < -0.39 is 12.1 Å². The minimum absolute atomic E-state index is 0.156. The van der Waals surface area contributed by atoms with E-state index in [9.17, 15) is 9.90 Å². The van der Waals surface area contributed by atoms with Gasteiger partial charge in [0.25, 0.3) is 0 Å². The van der Waals surface area contributed by atoms with Gasteiger partial charge in [0, 0.05) is 36.4 Å². The second kappa shape index (κ2) is 10.3. The molecule has 1 amide bonds. The lowest BCUT2D eigenvalue weighted by atomic mass is 9.85. The van der Waals surface area contributed by atoms with Gasteiger partial charge in [-0.15, -0.1) is 0 Å². The minimum Gasteiger partial charge on any atom is -0.465 e. The average Bonchev–Trinajstić information content (AvgIpc) is 3.12. The van der Waals surface area contributed by atoms with Crippen molar-refractivity contribution in [2.24, 2.45) is 12.5 Å². The number of carbonyl (C=O) groups is 1. The highest BCUT2D eigenvalue weighted by molar-refractivity contribution is 9.10. The first kappa shape index (κ1) is 24.1. The Bertz CT molecular complexity index is 1030. The van der Waals surface area contributed by atoms with Crippen LogP contribution in [-0.4, -0.2) is 25.7 Å². The van der Waals surface area contributed by atoms with Crippen LogP contribution in [0, 0.1) is 5.41 Å². The van der Waals surface area contributed by atoms with Gasteiger partial charge < -0.3 is 9.67 Å². The molecule has 0 radical (unpaired) electrons. The molecule has 1 heterocycles. The summed E-state index contributed by atoms with van der Waals surface area (Å²) in [6.45, 7) is 7.00. The second-order valence-electron chi connectivity index (χ2n) is 9.10. The predicted octanol–water partition coefficient (Wildman–Crippen LogP) is 6.63. The van der Waals surface area contributed by atoms with Crippen LogP contribution >= 0.6 is 15.9 Å². The molecule has 0 spiro atoms. The standard InChI is InChI=1S/C26H32BrN3O2/c1-5-26(2,3)16-22-17-28-24(29(22)4)23(15-19-11-13-21(27)14-12-19)30(25(31)32)18-20-9-7-6-8-10-20/h6-14,17,23H,5,15-16,18H2,1-4H3,(H,31,32). The van der Waals surface area contributed by atoms with Crippen LogP contribution in [0.3, 0.4) is 0 Å². The smallest absolute Gasteiger partial charge is 0.408 e. The first-order valence-corrected chi connectivity index (χ1v) is 11.8. The Morgan fingerprint density at radius 2 is 1.78 bits per heavy atom. The lowest BCUT2D eigenvalue weighted by molar-refractivity contribution is 0.116. The van der Waals surface area contributed by atoms with Crippen molar-refractivity contribution in [2.75, 3.05) is 0 Å². The van der Waals surface area contributed by atoms with Crippen LogP contribution < -0.4 is 0 Å². The predicted molar refractivity (Wildman–Crippen MR) is 132 cm³/mol. The molecule has 3 rings (SSSR count). The number of hydrogen-bond acceptors (Lipinski definition) is 2. The third kappa shape index (κ3) is 6.00. The fraction of sp³-hybridized carbons (Fsp3) is 0.385. The summed E-state index contributed by atoms with van der Waals surface area (Å²) >= 11 is 3.48. The highest BCUT2D eigenvalue weighted by Crippen LogP contribution is 2.30. The third-order valence-corrected chi connectivity index (χ3v) is 6.72. The van der Waals surface area contributed by atoms with E-state index in [0.717, 1.165) is 40.0 Å². The van der Waals surface area contributed by atoms with E-state index in [2.05, 4.69) is 41.3 Å². The largest absolute Gasteiger partial charge is 0.465 e. The van der Waals surface area contributed by atoms with Crippen LogP contribution in [0.25, 0.3) is 0 Å². The first-order chi connectivity index (χ1) is 15.2. The first-order valence-electron chi connectivity index (χ1n) is 11.0. The molecule has 0 fully saturated rings. The molecule has 1 aromatic heterocycles. The summed E-state index contributed by atoms with van der Waals surface area (Å²) in [5, 5.41) is 10.2. The lowest BCUT2D eigenvalue weighted by Gasteiger charge is -2.30. The van der Waals surface area contributed by atoms with Crippen molar-refractivity contribution in [1.82, 2.24) is 14.5 Å². The van der Waals surface area contributed by atoms with Crippen LogP contribution in [0.5, 0.6) is 0 Å². The molecular weight excluding hydrogens is 466 g/mol. The maximum atomic E-state index is 12.4. The van der Waals surface area contributed by atoms with Crippen molar-refractivity contribution in [2.45, 2.75) is 52.6 Å². The van der Waals surface area contributed by atoms with Gasteiger partial charge in [-0.25, -0.2) is 9.78 Å². The number of carboxylic acid groups (broad SMARTS) is 1. The highest BCUT2D eigenvalue weighted by Gasteiger charge is 2.30. The second-order valence-corrected chi connectivity index (χ2v) is 10.0. The Balaban J connectivity index is 2.00. The van der Waals surface area contributed by atoms with Crippen LogP contribution in [0.4, 0.5) is 4.79 Å². The molecule has 6 heteroatoms. The van der Waals surface area contributed by atoms with E-state index in [-0.39, 0.29) is 5.41 Å². The van der Waals surface area contributed by atoms with Gasteiger partial charge in [-0.3, -0.25) is 4.90 Å². The molecule has 1 N–H and O–H groups in total. The quantitative estimate of drug-likeness (QED) is 0.361. The molecule has 0 saturated carbocycles. The van der Waals surface area contributed by atoms with Crippen LogP contribution in [0.2, 0.25) is 0 Å². The van der Waals surface area contributed by atoms with Gasteiger partial charge in [-0.2, -0.15) is 0 Å². The fourth-order valence-corrected chi connectivity index (χ4v) is 4.09. The van der Waals surface area contributed by atoms with Crippen molar-refractivity contribution in [3.05, 3.63) is 87.9 Å². The Morgan fingerprint density at radius 3 is 2.38 bits per heavy atom. The van der Waals surface area contributed by atoms with Crippen LogP contribution in [0.1, 0.15) is 55.9 Å². The van der Waals surface area contributed by atoms with Crippen molar-refractivity contribution < 1.29 is 9.90 Å². The lowest BCUT2D eigenvalue weighted by Crippen LogP contribution is -2.36. The van der Waals surface area contributed by atoms with Gasteiger partial charge in [-0.05, 0) is 35.1 Å². The van der Waals surface area contributed by atoms with Crippen molar-refractivity contribution in [1.29, 1.82) is 0 Å². The molecule has 2 aromatic carbocycles. The summed E-state index contributed by atoms with van der Waals surface area (Å²) in [6.07, 6.45) is 3.46. The molecule has 1 unspecified atom stereocenters. The van der Waals surface area contributed by atoms with Gasteiger partial charge in [0.05, 0.1) is 6.04 Å². The molecule has 0 aliphatic heterocycles. The zero-order valence-electron chi connectivity index (χ0n) is 19.3. The topological polar surface area (TPSA) is 58.4 Å². The SMILES string of the molecule is CCC(C)(C)Cc1cnc(C(Cc2ccc(Br)cc2)N(Cc2ccccc2)C(=O)O)n1C. The van der Waals surface area contributed by atoms with Crippen LogP contribution in [0.15, 0.2) is 65.3 Å². The van der Waals surface area contributed by atoms with E-state index in [4.69, 9.17) is 4.98 Å². The Hall–Kier alpha value is -2.60. The Morgan fingerprint density at radius 1 is 1.12 bits per heavy atom. The van der Waals surface area contributed by atoms with Gasteiger partial charge >= 0.3 is 6.09 Å². The van der Waals surface area contributed by atoms with E-state index >= 15 is 0 Å².